The molecular weight excluding hydrogens is 378 g/mol. The first-order chi connectivity index (χ1) is 13.7. The highest BCUT2D eigenvalue weighted by molar-refractivity contribution is 6.30. The van der Waals surface area contributed by atoms with E-state index in [1.165, 1.54) is 6.21 Å². The van der Waals surface area contributed by atoms with Crippen LogP contribution in [0.25, 0.3) is 0 Å². The van der Waals surface area contributed by atoms with E-state index in [0.717, 1.165) is 11.1 Å². The standard InChI is InChI=1S/C21H18ClN3O3/c1-27-20-12-16(13-24-25-21(26)17-8-10-23-11-9-17)4-7-19(20)28-14-15-2-5-18(22)6-3-15/h2-13H,14H2,1H3,(H,25,26)/b24-13+. The van der Waals surface area contributed by atoms with Gasteiger partial charge in [0.25, 0.3) is 5.91 Å². The summed E-state index contributed by atoms with van der Waals surface area (Å²) in [5, 5.41) is 4.65. The number of benzene rings is 2. The van der Waals surface area contributed by atoms with E-state index in [4.69, 9.17) is 21.1 Å². The smallest absolute Gasteiger partial charge is 0.271 e. The third-order valence-corrected chi connectivity index (χ3v) is 4.07. The molecule has 0 aliphatic rings. The molecule has 1 N–H and O–H groups in total. The first-order valence-corrected chi connectivity index (χ1v) is 8.82. The molecule has 0 bridgehead atoms. The number of carbonyl (C=O) groups excluding carboxylic acids is 1. The van der Waals surface area contributed by atoms with Crippen LogP contribution in [0.15, 0.2) is 72.1 Å². The number of hydrogen-bond acceptors (Lipinski definition) is 5. The van der Waals surface area contributed by atoms with Gasteiger partial charge in [0.2, 0.25) is 0 Å². The molecule has 0 radical (unpaired) electrons. The summed E-state index contributed by atoms with van der Waals surface area (Å²) in [5.74, 6) is 0.863. The summed E-state index contributed by atoms with van der Waals surface area (Å²) in [6, 6.07) is 16.1. The van der Waals surface area contributed by atoms with Gasteiger partial charge in [-0.05, 0) is 53.6 Å². The minimum atomic E-state index is -0.312. The van der Waals surface area contributed by atoms with Gasteiger partial charge in [0.05, 0.1) is 13.3 Å². The van der Waals surface area contributed by atoms with Crippen LogP contribution in [0.4, 0.5) is 0 Å². The maximum absolute atomic E-state index is 11.9. The summed E-state index contributed by atoms with van der Waals surface area (Å²) in [4.78, 5) is 15.8. The number of hydrogen-bond donors (Lipinski definition) is 1. The minimum Gasteiger partial charge on any atom is -0.493 e. The molecular formula is C21H18ClN3O3. The van der Waals surface area contributed by atoms with Gasteiger partial charge >= 0.3 is 0 Å². The molecule has 1 aromatic heterocycles. The Hall–Kier alpha value is -3.38. The average molecular weight is 396 g/mol. The number of aromatic nitrogens is 1. The molecule has 0 saturated heterocycles. The molecule has 1 heterocycles. The van der Waals surface area contributed by atoms with Crippen molar-refractivity contribution in [3.05, 3.63) is 88.7 Å². The van der Waals surface area contributed by atoms with Gasteiger partial charge in [-0.2, -0.15) is 5.10 Å². The van der Waals surface area contributed by atoms with Crippen LogP contribution in [0.5, 0.6) is 11.5 Å². The Morgan fingerprint density at radius 2 is 1.86 bits per heavy atom. The fourth-order valence-corrected chi connectivity index (χ4v) is 2.48. The molecule has 28 heavy (non-hydrogen) atoms. The van der Waals surface area contributed by atoms with Crippen LogP contribution < -0.4 is 14.9 Å². The van der Waals surface area contributed by atoms with Gasteiger partial charge in [-0.3, -0.25) is 9.78 Å². The van der Waals surface area contributed by atoms with Gasteiger partial charge in [-0.1, -0.05) is 23.7 Å². The molecule has 0 aliphatic heterocycles. The molecule has 0 unspecified atom stereocenters. The fourth-order valence-electron chi connectivity index (χ4n) is 2.36. The van der Waals surface area contributed by atoms with Crippen molar-refractivity contribution in [2.45, 2.75) is 6.61 Å². The summed E-state index contributed by atoms with van der Waals surface area (Å²) in [6.07, 6.45) is 4.63. The highest BCUT2D eigenvalue weighted by atomic mass is 35.5. The lowest BCUT2D eigenvalue weighted by Gasteiger charge is -2.11. The third kappa shape index (κ3) is 5.31. The van der Waals surface area contributed by atoms with E-state index in [9.17, 15) is 4.79 Å². The van der Waals surface area contributed by atoms with Crippen LogP contribution in [0, 0.1) is 0 Å². The van der Waals surface area contributed by atoms with Gasteiger partial charge in [-0.15, -0.1) is 0 Å². The van der Waals surface area contributed by atoms with Crippen molar-refractivity contribution in [2.24, 2.45) is 5.10 Å². The lowest BCUT2D eigenvalue weighted by molar-refractivity contribution is 0.0955. The predicted octanol–water partition coefficient (Wildman–Crippen LogP) is 4.09. The molecule has 0 spiro atoms. The number of amides is 1. The average Bonchev–Trinajstić information content (AvgIpc) is 2.74. The number of rotatable bonds is 7. The number of ether oxygens (including phenoxy) is 2. The molecule has 1 amide bonds. The van der Waals surface area contributed by atoms with Crippen molar-refractivity contribution < 1.29 is 14.3 Å². The summed E-state index contributed by atoms with van der Waals surface area (Å²) >= 11 is 5.89. The van der Waals surface area contributed by atoms with E-state index in [1.807, 2.05) is 30.3 Å². The van der Waals surface area contributed by atoms with Crippen LogP contribution in [-0.2, 0) is 6.61 Å². The number of methoxy groups -OCH3 is 1. The van der Waals surface area contributed by atoms with Crippen molar-refractivity contribution in [3.63, 3.8) is 0 Å². The fraction of sp³-hybridized carbons (Fsp3) is 0.0952. The van der Waals surface area contributed by atoms with E-state index in [2.05, 4.69) is 15.5 Å². The first kappa shape index (κ1) is 19.4. The zero-order valence-corrected chi connectivity index (χ0v) is 15.9. The van der Waals surface area contributed by atoms with Crippen molar-refractivity contribution in [1.82, 2.24) is 10.4 Å². The molecule has 0 atom stereocenters. The number of halogens is 1. The van der Waals surface area contributed by atoms with E-state index in [1.54, 1.807) is 43.8 Å². The van der Waals surface area contributed by atoms with E-state index in [-0.39, 0.29) is 5.91 Å². The lowest BCUT2D eigenvalue weighted by Crippen LogP contribution is -2.17. The first-order valence-electron chi connectivity index (χ1n) is 8.44. The van der Waals surface area contributed by atoms with Gasteiger partial charge in [-0.25, -0.2) is 5.43 Å². The monoisotopic (exact) mass is 395 g/mol. The highest BCUT2D eigenvalue weighted by Gasteiger charge is 2.06. The summed E-state index contributed by atoms with van der Waals surface area (Å²) in [5.41, 5.74) is 4.70. The molecule has 3 rings (SSSR count). The third-order valence-electron chi connectivity index (χ3n) is 3.82. The van der Waals surface area contributed by atoms with Crippen molar-refractivity contribution in [1.29, 1.82) is 0 Å². The number of hydrazone groups is 1. The van der Waals surface area contributed by atoms with Gasteiger partial charge in [0.1, 0.15) is 6.61 Å². The molecule has 0 saturated carbocycles. The van der Waals surface area contributed by atoms with Crippen molar-refractivity contribution in [3.8, 4) is 11.5 Å². The summed E-state index contributed by atoms with van der Waals surface area (Å²) in [6.45, 7) is 0.392. The molecule has 142 valence electrons. The highest BCUT2D eigenvalue weighted by Crippen LogP contribution is 2.28. The SMILES string of the molecule is COc1cc(/C=N/NC(=O)c2ccncc2)ccc1OCc1ccc(Cl)cc1. The van der Waals surface area contributed by atoms with E-state index in [0.29, 0.717) is 28.7 Å². The molecule has 0 aliphatic carbocycles. The van der Waals surface area contributed by atoms with Gasteiger partial charge in [0, 0.05) is 23.0 Å². The molecule has 0 fully saturated rings. The Kier molecular flexibility index (Phi) is 6.59. The maximum atomic E-state index is 11.9. The molecule has 2 aromatic carbocycles. The quantitative estimate of drug-likeness (QED) is 0.483. The summed E-state index contributed by atoms with van der Waals surface area (Å²) < 4.78 is 11.2. The minimum absolute atomic E-state index is 0.312. The normalized spacial score (nSPS) is 10.6. The zero-order chi connectivity index (χ0) is 19.8. The zero-order valence-electron chi connectivity index (χ0n) is 15.1. The molecule has 7 heteroatoms. The Labute approximate surface area is 167 Å². The number of nitrogens with zero attached hydrogens (tertiary/aromatic N) is 2. The second kappa shape index (κ2) is 9.53. The Bertz CT molecular complexity index is 960. The van der Waals surface area contributed by atoms with Crippen molar-refractivity contribution >= 4 is 23.7 Å². The second-order valence-electron chi connectivity index (χ2n) is 5.76. The summed E-state index contributed by atoms with van der Waals surface area (Å²) in [7, 11) is 1.57. The van der Waals surface area contributed by atoms with Crippen LogP contribution in [0.1, 0.15) is 21.5 Å². The maximum Gasteiger partial charge on any atom is 0.271 e. The largest absolute Gasteiger partial charge is 0.493 e. The Morgan fingerprint density at radius 3 is 2.57 bits per heavy atom. The van der Waals surface area contributed by atoms with Gasteiger partial charge in [0.15, 0.2) is 11.5 Å². The number of nitrogens with one attached hydrogen (secondary N) is 1. The van der Waals surface area contributed by atoms with E-state index >= 15 is 0 Å². The number of carbonyl (C=O) groups is 1. The Balaban J connectivity index is 1.62. The topological polar surface area (TPSA) is 72.8 Å². The van der Waals surface area contributed by atoms with E-state index < -0.39 is 0 Å². The van der Waals surface area contributed by atoms with Crippen LogP contribution in [0.3, 0.4) is 0 Å². The molecule has 6 nitrogen and oxygen atoms in total. The molecule has 3 aromatic rings. The van der Waals surface area contributed by atoms with Crippen LogP contribution in [0.2, 0.25) is 5.02 Å². The van der Waals surface area contributed by atoms with Crippen LogP contribution >= 0.6 is 11.6 Å². The predicted molar refractivity (Wildman–Crippen MR) is 108 cm³/mol. The van der Waals surface area contributed by atoms with Crippen molar-refractivity contribution in [2.75, 3.05) is 7.11 Å². The Morgan fingerprint density at radius 1 is 1.11 bits per heavy atom. The van der Waals surface area contributed by atoms with Crippen LogP contribution in [-0.4, -0.2) is 24.2 Å². The lowest BCUT2D eigenvalue weighted by atomic mass is 10.2. The number of pyridine rings is 1. The van der Waals surface area contributed by atoms with Gasteiger partial charge < -0.3 is 9.47 Å². The second-order valence-corrected chi connectivity index (χ2v) is 6.20.